The lowest BCUT2D eigenvalue weighted by Gasteiger charge is -2.36. The van der Waals surface area contributed by atoms with Crippen LogP contribution in [0.25, 0.3) is 0 Å². The van der Waals surface area contributed by atoms with Crippen LogP contribution in [0.5, 0.6) is 0 Å². The summed E-state index contributed by atoms with van der Waals surface area (Å²) in [5.74, 6) is 0.0983. The second kappa shape index (κ2) is 8.24. The van der Waals surface area contributed by atoms with Crippen LogP contribution in [0.4, 0.5) is 0 Å². The molecular formula is C14H28N4O3S. The molecule has 1 N–H and O–H groups in total. The van der Waals surface area contributed by atoms with Crippen LogP contribution in [0.1, 0.15) is 32.1 Å². The average Bonchev–Trinajstić information content (AvgIpc) is 2.82. The summed E-state index contributed by atoms with van der Waals surface area (Å²) in [7, 11) is -1.54. The first-order chi connectivity index (χ1) is 10.6. The molecule has 128 valence electrons. The molecule has 2 heterocycles. The topological polar surface area (TPSA) is 73.0 Å². The molecule has 2 aliphatic rings. The van der Waals surface area contributed by atoms with Crippen LogP contribution < -0.4 is 5.32 Å². The molecule has 0 spiro atoms. The Hall–Kier alpha value is -0.700. The van der Waals surface area contributed by atoms with Crippen molar-refractivity contribution in [1.29, 1.82) is 0 Å². The first kappa shape index (κ1) is 17.7. The van der Waals surface area contributed by atoms with Crippen molar-refractivity contribution in [2.45, 2.75) is 32.1 Å². The molecule has 2 rings (SSSR count). The summed E-state index contributed by atoms with van der Waals surface area (Å²) < 4.78 is 28.5. The summed E-state index contributed by atoms with van der Waals surface area (Å²) in [5.41, 5.74) is 0. The SMILES string of the molecule is CNCCC(=O)N1CCN(S(=O)(=O)N2CCCCCC2)CC1. The van der Waals surface area contributed by atoms with Crippen molar-refractivity contribution in [1.82, 2.24) is 18.8 Å². The van der Waals surface area contributed by atoms with Crippen molar-refractivity contribution in [2.24, 2.45) is 0 Å². The third-order valence-electron chi connectivity index (χ3n) is 4.40. The van der Waals surface area contributed by atoms with Gasteiger partial charge in [0, 0.05) is 52.2 Å². The Morgan fingerprint density at radius 3 is 2.00 bits per heavy atom. The van der Waals surface area contributed by atoms with Gasteiger partial charge in [-0.2, -0.15) is 17.0 Å². The zero-order valence-corrected chi connectivity index (χ0v) is 14.3. The van der Waals surface area contributed by atoms with Crippen molar-refractivity contribution in [2.75, 3.05) is 52.9 Å². The molecule has 0 aromatic heterocycles. The summed E-state index contributed by atoms with van der Waals surface area (Å²) in [4.78, 5) is 13.7. The average molecular weight is 332 g/mol. The highest BCUT2D eigenvalue weighted by molar-refractivity contribution is 7.86. The summed E-state index contributed by atoms with van der Waals surface area (Å²) in [5, 5.41) is 2.96. The highest BCUT2D eigenvalue weighted by Gasteiger charge is 2.33. The Bertz CT molecular complexity index is 453. The van der Waals surface area contributed by atoms with Gasteiger partial charge in [-0.1, -0.05) is 12.8 Å². The van der Waals surface area contributed by atoms with E-state index < -0.39 is 10.2 Å². The maximum Gasteiger partial charge on any atom is 0.282 e. The fraction of sp³-hybridized carbons (Fsp3) is 0.929. The van der Waals surface area contributed by atoms with Gasteiger partial charge in [-0.25, -0.2) is 0 Å². The number of rotatable bonds is 5. The maximum atomic E-state index is 12.7. The minimum atomic E-state index is -3.36. The summed E-state index contributed by atoms with van der Waals surface area (Å²) in [6.07, 6.45) is 4.58. The van der Waals surface area contributed by atoms with Crippen molar-refractivity contribution in [3.63, 3.8) is 0 Å². The van der Waals surface area contributed by atoms with Crippen LogP contribution >= 0.6 is 0 Å². The second-order valence-corrected chi connectivity index (χ2v) is 7.88. The van der Waals surface area contributed by atoms with Gasteiger partial charge in [0.05, 0.1) is 0 Å². The molecule has 0 radical (unpaired) electrons. The Kier molecular flexibility index (Phi) is 6.61. The number of carbonyl (C=O) groups is 1. The Morgan fingerprint density at radius 2 is 1.45 bits per heavy atom. The normalized spacial score (nSPS) is 22.5. The Labute approximate surface area is 133 Å². The fourth-order valence-electron chi connectivity index (χ4n) is 2.99. The van der Waals surface area contributed by atoms with Gasteiger partial charge >= 0.3 is 0 Å². The first-order valence-corrected chi connectivity index (χ1v) is 9.63. The molecule has 0 atom stereocenters. The van der Waals surface area contributed by atoms with E-state index in [2.05, 4.69) is 5.32 Å². The molecule has 2 saturated heterocycles. The lowest BCUT2D eigenvalue weighted by atomic mass is 10.2. The van der Waals surface area contributed by atoms with Gasteiger partial charge in [0.15, 0.2) is 0 Å². The Morgan fingerprint density at radius 1 is 0.909 bits per heavy atom. The number of carbonyl (C=O) groups excluding carboxylic acids is 1. The molecule has 0 unspecified atom stereocenters. The van der Waals surface area contributed by atoms with Gasteiger partial charge in [-0.05, 0) is 19.9 Å². The van der Waals surface area contributed by atoms with Crippen LogP contribution in [-0.4, -0.2) is 80.7 Å². The van der Waals surface area contributed by atoms with Gasteiger partial charge in [-0.3, -0.25) is 4.79 Å². The molecule has 0 bridgehead atoms. The highest BCUT2D eigenvalue weighted by Crippen LogP contribution is 2.18. The number of piperazine rings is 1. The smallest absolute Gasteiger partial charge is 0.282 e. The summed E-state index contributed by atoms with van der Waals surface area (Å²) in [6, 6.07) is 0. The van der Waals surface area contributed by atoms with Crippen molar-refractivity contribution < 1.29 is 13.2 Å². The van der Waals surface area contributed by atoms with Crippen LogP contribution in [0, 0.1) is 0 Å². The van der Waals surface area contributed by atoms with Gasteiger partial charge < -0.3 is 10.2 Å². The van der Waals surface area contributed by atoms with E-state index in [0.29, 0.717) is 52.2 Å². The van der Waals surface area contributed by atoms with Crippen molar-refractivity contribution >= 4 is 16.1 Å². The lowest BCUT2D eigenvalue weighted by Crippen LogP contribution is -2.54. The van der Waals surface area contributed by atoms with E-state index in [4.69, 9.17) is 0 Å². The minimum Gasteiger partial charge on any atom is -0.340 e. The molecule has 2 fully saturated rings. The third-order valence-corrected chi connectivity index (χ3v) is 6.43. The summed E-state index contributed by atoms with van der Waals surface area (Å²) in [6.45, 7) is 3.72. The lowest BCUT2D eigenvalue weighted by molar-refractivity contribution is -0.132. The molecule has 0 saturated carbocycles. The van der Waals surface area contributed by atoms with E-state index in [0.717, 1.165) is 25.7 Å². The molecule has 1 amide bonds. The van der Waals surface area contributed by atoms with E-state index in [1.807, 2.05) is 7.05 Å². The minimum absolute atomic E-state index is 0.0983. The number of nitrogens with zero attached hydrogens (tertiary/aromatic N) is 3. The molecule has 7 nitrogen and oxygen atoms in total. The van der Waals surface area contributed by atoms with Crippen molar-refractivity contribution in [3.8, 4) is 0 Å². The second-order valence-electron chi connectivity index (χ2n) is 5.95. The fourth-order valence-corrected chi connectivity index (χ4v) is 4.66. The van der Waals surface area contributed by atoms with Gasteiger partial charge in [0.1, 0.15) is 0 Å². The van der Waals surface area contributed by atoms with Crippen LogP contribution in [0.2, 0.25) is 0 Å². The molecule has 22 heavy (non-hydrogen) atoms. The van der Waals surface area contributed by atoms with E-state index >= 15 is 0 Å². The number of hydrogen-bond donors (Lipinski definition) is 1. The Balaban J connectivity index is 1.88. The number of amides is 1. The zero-order valence-electron chi connectivity index (χ0n) is 13.5. The van der Waals surface area contributed by atoms with Gasteiger partial charge in [-0.15, -0.1) is 0 Å². The standard InChI is InChI=1S/C14H28N4O3S/c1-15-7-6-14(19)16-10-12-18(13-11-16)22(20,21)17-8-4-2-3-5-9-17/h15H,2-13H2,1H3. The zero-order chi connectivity index (χ0) is 16.0. The first-order valence-electron chi connectivity index (χ1n) is 8.23. The molecule has 0 aliphatic carbocycles. The molecule has 2 aliphatic heterocycles. The predicted octanol–water partition coefficient (Wildman–Crippen LogP) is -0.139. The van der Waals surface area contributed by atoms with Crippen molar-refractivity contribution in [3.05, 3.63) is 0 Å². The number of hydrogen-bond acceptors (Lipinski definition) is 4. The third kappa shape index (κ3) is 4.41. The van der Waals surface area contributed by atoms with E-state index in [1.54, 1.807) is 13.5 Å². The van der Waals surface area contributed by atoms with Gasteiger partial charge in [0.2, 0.25) is 5.91 Å². The largest absolute Gasteiger partial charge is 0.340 e. The van der Waals surface area contributed by atoms with E-state index in [-0.39, 0.29) is 5.91 Å². The molecule has 0 aromatic carbocycles. The maximum absolute atomic E-state index is 12.7. The van der Waals surface area contributed by atoms with Crippen LogP contribution in [0.3, 0.4) is 0 Å². The summed E-state index contributed by atoms with van der Waals surface area (Å²) >= 11 is 0. The highest BCUT2D eigenvalue weighted by atomic mass is 32.2. The van der Waals surface area contributed by atoms with Gasteiger partial charge in [0.25, 0.3) is 10.2 Å². The van der Waals surface area contributed by atoms with E-state index in [9.17, 15) is 13.2 Å². The van der Waals surface area contributed by atoms with Crippen LogP contribution in [0.15, 0.2) is 0 Å². The quantitative estimate of drug-likeness (QED) is 0.761. The monoisotopic (exact) mass is 332 g/mol. The van der Waals surface area contributed by atoms with Crippen LogP contribution in [-0.2, 0) is 15.0 Å². The predicted molar refractivity (Wildman–Crippen MR) is 85.7 cm³/mol. The molecular weight excluding hydrogens is 304 g/mol. The molecule has 8 heteroatoms. The number of nitrogens with one attached hydrogen (secondary N) is 1. The van der Waals surface area contributed by atoms with E-state index in [1.165, 1.54) is 0 Å². The molecule has 0 aromatic rings.